The Morgan fingerprint density at radius 1 is 1.33 bits per heavy atom. The van der Waals surface area contributed by atoms with Gasteiger partial charge in [0.1, 0.15) is 11.1 Å². The molecule has 0 spiro atoms. The molecule has 4 nitrogen and oxygen atoms in total. The highest BCUT2D eigenvalue weighted by atomic mass is 32.2. The lowest BCUT2D eigenvalue weighted by molar-refractivity contribution is 0.102. The van der Waals surface area contributed by atoms with E-state index in [9.17, 15) is 10.1 Å². The first-order chi connectivity index (χ1) is 9.92. The maximum atomic E-state index is 12.3. The molecule has 0 fully saturated rings. The summed E-state index contributed by atoms with van der Waals surface area (Å²) >= 11 is 1.32. The third-order valence-electron chi connectivity index (χ3n) is 3.21. The number of rotatable bonds is 4. The quantitative estimate of drug-likeness (QED) is 0.693. The van der Waals surface area contributed by atoms with Crippen molar-refractivity contribution in [2.45, 2.75) is 32.7 Å². The van der Waals surface area contributed by atoms with E-state index in [2.05, 4.69) is 16.0 Å². The van der Waals surface area contributed by atoms with Gasteiger partial charge in [-0.2, -0.15) is 5.26 Å². The Kier molecular flexibility index (Phi) is 4.49. The third kappa shape index (κ3) is 3.34. The van der Waals surface area contributed by atoms with Gasteiger partial charge in [0, 0.05) is 22.6 Å². The molecule has 0 radical (unpaired) electrons. The van der Waals surface area contributed by atoms with Crippen LogP contribution in [0.15, 0.2) is 17.2 Å². The summed E-state index contributed by atoms with van der Waals surface area (Å²) < 4.78 is 0. The van der Waals surface area contributed by atoms with Gasteiger partial charge in [-0.3, -0.25) is 4.79 Å². The number of hydrogen-bond acceptors (Lipinski definition) is 4. The van der Waals surface area contributed by atoms with E-state index < -0.39 is 0 Å². The fraction of sp³-hybridized carbons (Fsp3) is 0.312. The summed E-state index contributed by atoms with van der Waals surface area (Å²) in [5.74, 6) is 0.328. The van der Waals surface area contributed by atoms with Crippen LogP contribution in [0.5, 0.6) is 0 Å². The first-order valence-electron chi connectivity index (χ1n) is 6.63. The van der Waals surface area contributed by atoms with Crippen molar-refractivity contribution in [3.63, 3.8) is 0 Å². The molecule has 0 atom stereocenters. The van der Waals surface area contributed by atoms with Gasteiger partial charge in [-0.05, 0) is 45.4 Å². The maximum absolute atomic E-state index is 12.3. The largest absolute Gasteiger partial charge is 0.362 e. The fourth-order valence-electron chi connectivity index (χ4n) is 2.27. The molecule has 0 aliphatic heterocycles. The van der Waals surface area contributed by atoms with Crippen molar-refractivity contribution in [2.75, 3.05) is 5.75 Å². The number of nitrogens with one attached hydrogen (secondary N) is 1. The van der Waals surface area contributed by atoms with Crippen LogP contribution >= 0.6 is 11.8 Å². The lowest BCUT2D eigenvalue weighted by Crippen LogP contribution is -2.04. The van der Waals surface area contributed by atoms with Crippen molar-refractivity contribution in [2.24, 2.45) is 0 Å². The number of carbonyl (C=O) groups is 1. The summed E-state index contributed by atoms with van der Waals surface area (Å²) in [7, 11) is 0. The molecule has 2 aromatic rings. The van der Waals surface area contributed by atoms with Crippen LogP contribution in [0, 0.1) is 39.0 Å². The monoisotopic (exact) mass is 299 g/mol. The van der Waals surface area contributed by atoms with Crippen molar-refractivity contribution in [3.05, 3.63) is 45.9 Å². The minimum Gasteiger partial charge on any atom is -0.362 e. The summed E-state index contributed by atoms with van der Waals surface area (Å²) in [5.41, 5.74) is 4.88. The minimum absolute atomic E-state index is 0.0479. The zero-order valence-electron chi connectivity index (χ0n) is 12.6. The normalized spacial score (nSPS) is 10.4. The predicted molar refractivity (Wildman–Crippen MR) is 83.7 cm³/mol. The molecule has 0 bridgehead atoms. The molecule has 5 heteroatoms. The summed E-state index contributed by atoms with van der Waals surface area (Å²) in [5, 5.41) is 9.86. The van der Waals surface area contributed by atoms with Crippen LogP contribution in [0.3, 0.4) is 0 Å². The van der Waals surface area contributed by atoms with Crippen molar-refractivity contribution in [3.8, 4) is 6.07 Å². The molecule has 0 aliphatic rings. The maximum Gasteiger partial charge on any atom is 0.174 e. The molecule has 0 aliphatic carbocycles. The number of nitrogens with zero attached hydrogens (tertiary/aromatic N) is 2. The molecular weight excluding hydrogens is 282 g/mol. The zero-order valence-corrected chi connectivity index (χ0v) is 13.4. The van der Waals surface area contributed by atoms with E-state index in [1.165, 1.54) is 11.8 Å². The minimum atomic E-state index is 0.0479. The molecule has 0 amide bonds. The number of pyridine rings is 1. The van der Waals surface area contributed by atoms with Crippen LogP contribution in [-0.4, -0.2) is 21.5 Å². The van der Waals surface area contributed by atoms with E-state index in [-0.39, 0.29) is 11.5 Å². The standard InChI is InChI=1S/C16H17N3OS/c1-9-5-10(2)19-16(14(9)7-17)21-8-15(20)13-6-11(3)18-12(13)4/h5-6,18H,8H2,1-4H3. The average molecular weight is 299 g/mol. The molecule has 2 heterocycles. The van der Waals surface area contributed by atoms with Crippen molar-refractivity contribution in [1.29, 1.82) is 5.26 Å². The summed E-state index contributed by atoms with van der Waals surface area (Å²) in [6.07, 6.45) is 0. The Balaban J connectivity index is 2.19. The number of aryl methyl sites for hydroxylation is 4. The number of ketones is 1. The number of hydrogen-bond donors (Lipinski definition) is 1. The topological polar surface area (TPSA) is 69.5 Å². The molecule has 2 rings (SSSR count). The SMILES string of the molecule is Cc1cc(C)c(C#N)c(SCC(=O)c2cc(C)[nH]c2C)n1. The van der Waals surface area contributed by atoms with Gasteiger partial charge in [0.15, 0.2) is 5.78 Å². The Bertz CT molecular complexity index is 741. The molecule has 0 unspecified atom stereocenters. The van der Waals surface area contributed by atoms with Crippen LogP contribution in [0.4, 0.5) is 0 Å². The first-order valence-corrected chi connectivity index (χ1v) is 7.61. The molecule has 1 N–H and O–H groups in total. The Morgan fingerprint density at radius 2 is 2.05 bits per heavy atom. The van der Waals surface area contributed by atoms with Crippen LogP contribution in [0.1, 0.15) is 38.6 Å². The Hall–Kier alpha value is -2.06. The fourth-order valence-corrected chi connectivity index (χ4v) is 3.25. The average Bonchev–Trinajstić information content (AvgIpc) is 2.74. The van der Waals surface area contributed by atoms with Crippen LogP contribution in [0.2, 0.25) is 0 Å². The summed E-state index contributed by atoms with van der Waals surface area (Å²) in [6.45, 7) is 7.59. The van der Waals surface area contributed by atoms with Gasteiger partial charge < -0.3 is 4.98 Å². The summed E-state index contributed by atoms with van der Waals surface area (Å²) in [4.78, 5) is 19.8. The number of carbonyl (C=O) groups excluding carboxylic acids is 1. The van der Waals surface area contributed by atoms with E-state index in [1.807, 2.05) is 39.8 Å². The Labute approximate surface area is 128 Å². The van der Waals surface area contributed by atoms with E-state index >= 15 is 0 Å². The highest BCUT2D eigenvalue weighted by Crippen LogP contribution is 2.25. The molecule has 0 saturated carbocycles. The highest BCUT2D eigenvalue weighted by molar-refractivity contribution is 8.00. The van der Waals surface area contributed by atoms with Gasteiger partial charge in [-0.1, -0.05) is 11.8 Å². The predicted octanol–water partition coefficient (Wildman–Crippen LogP) is 3.49. The summed E-state index contributed by atoms with van der Waals surface area (Å²) in [6, 6.07) is 5.91. The first kappa shape index (κ1) is 15.3. The number of thioether (sulfide) groups is 1. The molecular formula is C16H17N3OS. The van der Waals surface area contributed by atoms with Gasteiger partial charge in [0.2, 0.25) is 0 Å². The highest BCUT2D eigenvalue weighted by Gasteiger charge is 2.15. The second-order valence-electron chi connectivity index (χ2n) is 5.08. The number of aromatic nitrogens is 2. The molecule has 108 valence electrons. The third-order valence-corrected chi connectivity index (χ3v) is 4.19. The van der Waals surface area contributed by atoms with Crippen molar-refractivity contribution < 1.29 is 4.79 Å². The van der Waals surface area contributed by atoms with Gasteiger partial charge in [-0.15, -0.1) is 0 Å². The lowest BCUT2D eigenvalue weighted by Gasteiger charge is -2.06. The Morgan fingerprint density at radius 3 is 2.62 bits per heavy atom. The smallest absolute Gasteiger partial charge is 0.174 e. The van der Waals surface area contributed by atoms with Crippen molar-refractivity contribution >= 4 is 17.5 Å². The molecule has 21 heavy (non-hydrogen) atoms. The second kappa shape index (κ2) is 6.15. The number of aromatic amines is 1. The number of H-pyrrole nitrogens is 1. The van der Waals surface area contributed by atoms with E-state index in [0.717, 1.165) is 22.6 Å². The van der Waals surface area contributed by atoms with Crippen LogP contribution in [0.25, 0.3) is 0 Å². The lowest BCUT2D eigenvalue weighted by atomic mass is 10.1. The van der Waals surface area contributed by atoms with E-state index in [1.54, 1.807) is 0 Å². The molecule has 2 aromatic heterocycles. The second-order valence-corrected chi connectivity index (χ2v) is 6.04. The van der Waals surface area contributed by atoms with Gasteiger partial charge in [-0.25, -0.2) is 4.98 Å². The number of nitriles is 1. The van der Waals surface area contributed by atoms with Crippen LogP contribution < -0.4 is 0 Å². The van der Waals surface area contributed by atoms with Gasteiger partial charge in [0.25, 0.3) is 0 Å². The van der Waals surface area contributed by atoms with Crippen LogP contribution in [-0.2, 0) is 0 Å². The zero-order chi connectivity index (χ0) is 15.6. The molecule has 0 saturated heterocycles. The van der Waals surface area contributed by atoms with Gasteiger partial charge in [0.05, 0.1) is 11.3 Å². The number of Topliss-reactive ketones (excluding diaryl/α,β-unsaturated/α-hetero) is 1. The van der Waals surface area contributed by atoms with E-state index in [4.69, 9.17) is 0 Å². The molecule has 0 aromatic carbocycles. The van der Waals surface area contributed by atoms with E-state index in [0.29, 0.717) is 16.2 Å². The van der Waals surface area contributed by atoms with Gasteiger partial charge >= 0.3 is 0 Å². The van der Waals surface area contributed by atoms with Crippen molar-refractivity contribution in [1.82, 2.24) is 9.97 Å².